The fraction of sp³-hybridized carbons (Fsp3) is 0.571. The largest absolute Gasteiger partial charge is 0.477 e. The van der Waals surface area contributed by atoms with Crippen LogP contribution in [0.5, 0.6) is 0 Å². The third-order valence-corrected chi connectivity index (χ3v) is 4.41. The van der Waals surface area contributed by atoms with Gasteiger partial charge in [-0.1, -0.05) is 12.8 Å². The van der Waals surface area contributed by atoms with Crippen LogP contribution >= 0.6 is 0 Å². The van der Waals surface area contributed by atoms with Gasteiger partial charge in [0.2, 0.25) is 0 Å². The molecule has 3 rings (SSSR count). The number of anilines is 2. The maximum atomic E-state index is 11.0. The Bertz CT molecular complexity index is 503. The number of nitrogens with two attached hydrogens (primary N) is 1. The Hall–Kier alpha value is -1.78. The van der Waals surface area contributed by atoms with Gasteiger partial charge in [-0.05, 0) is 37.3 Å². The molecule has 1 saturated carbocycles. The van der Waals surface area contributed by atoms with Gasteiger partial charge in [0.15, 0.2) is 11.5 Å². The van der Waals surface area contributed by atoms with Crippen LogP contribution in [0.2, 0.25) is 0 Å². The number of nitrogens with zero attached hydrogens (tertiary/aromatic N) is 2. The topological polar surface area (TPSA) is 79.5 Å². The van der Waals surface area contributed by atoms with E-state index in [1.54, 1.807) is 6.07 Å². The lowest BCUT2D eigenvalue weighted by atomic mass is 9.85. The molecule has 0 amide bonds. The van der Waals surface area contributed by atoms with E-state index in [0.717, 1.165) is 12.5 Å². The zero-order valence-corrected chi connectivity index (χ0v) is 10.9. The Morgan fingerprint density at radius 1 is 1.32 bits per heavy atom. The van der Waals surface area contributed by atoms with Crippen LogP contribution in [0.3, 0.4) is 0 Å². The van der Waals surface area contributed by atoms with Crippen molar-refractivity contribution in [3.63, 3.8) is 0 Å². The van der Waals surface area contributed by atoms with Crippen LogP contribution in [0.1, 0.15) is 42.6 Å². The number of aromatic nitrogens is 1. The summed E-state index contributed by atoms with van der Waals surface area (Å²) in [6.07, 6.45) is 6.18. The van der Waals surface area contributed by atoms with Gasteiger partial charge in [0.1, 0.15) is 0 Å². The molecule has 1 aliphatic heterocycles. The van der Waals surface area contributed by atoms with E-state index in [9.17, 15) is 4.79 Å². The summed E-state index contributed by atoms with van der Waals surface area (Å²) < 4.78 is 0. The molecule has 2 heterocycles. The molecule has 0 bridgehead atoms. The predicted molar refractivity (Wildman–Crippen MR) is 73.3 cm³/mol. The standard InChI is InChI=1S/C14H19N3O2/c15-10-5-6-11(14(18)19)16-13(10)17-8-7-9-3-1-2-4-12(9)17/h5-6,9,12H,1-4,7-8,15H2,(H,18,19). The fourth-order valence-corrected chi connectivity index (χ4v) is 3.48. The quantitative estimate of drug-likeness (QED) is 0.852. The Balaban J connectivity index is 1.93. The van der Waals surface area contributed by atoms with Crippen LogP contribution in [0, 0.1) is 5.92 Å². The number of rotatable bonds is 2. The molecule has 0 spiro atoms. The van der Waals surface area contributed by atoms with Gasteiger partial charge in [0.05, 0.1) is 5.69 Å². The molecular weight excluding hydrogens is 242 g/mol. The Morgan fingerprint density at radius 3 is 2.89 bits per heavy atom. The minimum atomic E-state index is -0.999. The van der Waals surface area contributed by atoms with Crippen molar-refractivity contribution in [1.82, 2.24) is 4.98 Å². The highest BCUT2D eigenvalue weighted by Crippen LogP contribution is 2.39. The second kappa shape index (κ2) is 4.72. The minimum Gasteiger partial charge on any atom is -0.477 e. The summed E-state index contributed by atoms with van der Waals surface area (Å²) in [5, 5.41) is 9.05. The predicted octanol–water partition coefficient (Wildman–Crippen LogP) is 2.13. The average Bonchev–Trinajstić information content (AvgIpc) is 2.83. The molecule has 2 aliphatic rings. The van der Waals surface area contributed by atoms with E-state index < -0.39 is 5.97 Å². The SMILES string of the molecule is Nc1ccc(C(=O)O)nc1N1CCC2CCCCC21. The van der Waals surface area contributed by atoms with Gasteiger partial charge >= 0.3 is 5.97 Å². The Labute approximate surface area is 112 Å². The maximum Gasteiger partial charge on any atom is 0.354 e. The molecular formula is C14H19N3O2. The lowest BCUT2D eigenvalue weighted by Crippen LogP contribution is -2.36. The van der Waals surface area contributed by atoms with Crippen LogP contribution in [-0.4, -0.2) is 28.6 Å². The van der Waals surface area contributed by atoms with Crippen molar-refractivity contribution in [2.24, 2.45) is 5.92 Å². The number of nitrogen functional groups attached to an aromatic ring is 1. The van der Waals surface area contributed by atoms with E-state index >= 15 is 0 Å². The van der Waals surface area contributed by atoms with Gasteiger partial charge in [0, 0.05) is 12.6 Å². The molecule has 1 aliphatic carbocycles. The van der Waals surface area contributed by atoms with Crippen molar-refractivity contribution in [2.75, 3.05) is 17.2 Å². The molecule has 5 heteroatoms. The number of carboxylic acid groups (broad SMARTS) is 1. The number of aromatic carboxylic acids is 1. The molecule has 1 aromatic heterocycles. The second-order valence-electron chi connectivity index (χ2n) is 5.51. The molecule has 3 N–H and O–H groups in total. The van der Waals surface area contributed by atoms with Gasteiger partial charge in [-0.25, -0.2) is 9.78 Å². The summed E-state index contributed by atoms with van der Waals surface area (Å²) in [6, 6.07) is 3.62. The Morgan fingerprint density at radius 2 is 2.11 bits per heavy atom. The molecule has 2 atom stereocenters. The number of hydrogen-bond donors (Lipinski definition) is 2. The first-order valence-corrected chi connectivity index (χ1v) is 6.93. The number of fused-ring (bicyclic) bond motifs is 1. The second-order valence-corrected chi connectivity index (χ2v) is 5.51. The van der Waals surface area contributed by atoms with Crippen LogP contribution < -0.4 is 10.6 Å². The van der Waals surface area contributed by atoms with E-state index in [2.05, 4.69) is 9.88 Å². The molecule has 19 heavy (non-hydrogen) atoms. The van der Waals surface area contributed by atoms with Crippen molar-refractivity contribution in [2.45, 2.75) is 38.1 Å². The minimum absolute atomic E-state index is 0.0726. The molecule has 0 aromatic carbocycles. The Kier molecular flexibility index (Phi) is 3.05. The maximum absolute atomic E-state index is 11.0. The van der Waals surface area contributed by atoms with Gasteiger partial charge in [-0.2, -0.15) is 0 Å². The van der Waals surface area contributed by atoms with Crippen molar-refractivity contribution >= 4 is 17.5 Å². The summed E-state index contributed by atoms with van der Waals surface area (Å²) in [4.78, 5) is 17.5. The van der Waals surface area contributed by atoms with Crippen LogP contribution in [0.25, 0.3) is 0 Å². The summed E-state index contributed by atoms with van der Waals surface area (Å²) in [5.41, 5.74) is 6.65. The molecule has 0 radical (unpaired) electrons. The first-order valence-electron chi connectivity index (χ1n) is 6.93. The molecule has 1 aromatic rings. The molecule has 2 unspecified atom stereocenters. The van der Waals surface area contributed by atoms with Gasteiger partial charge in [-0.15, -0.1) is 0 Å². The van der Waals surface area contributed by atoms with Crippen molar-refractivity contribution < 1.29 is 9.90 Å². The third-order valence-electron chi connectivity index (χ3n) is 4.41. The highest BCUT2D eigenvalue weighted by atomic mass is 16.4. The number of carbonyl (C=O) groups is 1. The fourth-order valence-electron chi connectivity index (χ4n) is 3.48. The zero-order valence-electron chi connectivity index (χ0n) is 10.9. The van der Waals surface area contributed by atoms with E-state index in [0.29, 0.717) is 17.5 Å². The number of hydrogen-bond acceptors (Lipinski definition) is 4. The van der Waals surface area contributed by atoms with Crippen molar-refractivity contribution in [3.8, 4) is 0 Å². The van der Waals surface area contributed by atoms with Gasteiger partial charge in [-0.3, -0.25) is 0 Å². The third kappa shape index (κ3) is 2.13. The van der Waals surface area contributed by atoms with Crippen molar-refractivity contribution in [1.29, 1.82) is 0 Å². The molecule has 5 nitrogen and oxygen atoms in total. The highest BCUT2D eigenvalue weighted by Gasteiger charge is 2.37. The van der Waals surface area contributed by atoms with Crippen LogP contribution in [0.4, 0.5) is 11.5 Å². The van der Waals surface area contributed by atoms with Crippen LogP contribution in [0.15, 0.2) is 12.1 Å². The first kappa shape index (κ1) is 12.3. The highest BCUT2D eigenvalue weighted by molar-refractivity contribution is 5.87. The van der Waals surface area contributed by atoms with E-state index in [-0.39, 0.29) is 5.69 Å². The van der Waals surface area contributed by atoms with Crippen molar-refractivity contribution in [3.05, 3.63) is 17.8 Å². The number of carboxylic acids is 1. The normalized spacial score (nSPS) is 26.2. The van der Waals surface area contributed by atoms with E-state index in [1.807, 2.05) is 0 Å². The average molecular weight is 261 g/mol. The first-order chi connectivity index (χ1) is 9.16. The summed E-state index contributed by atoms with van der Waals surface area (Å²) in [5.74, 6) is 0.387. The molecule has 102 valence electrons. The lowest BCUT2D eigenvalue weighted by Gasteiger charge is -2.33. The van der Waals surface area contributed by atoms with Gasteiger partial charge < -0.3 is 15.7 Å². The lowest BCUT2D eigenvalue weighted by molar-refractivity contribution is 0.0690. The monoisotopic (exact) mass is 261 g/mol. The zero-order chi connectivity index (χ0) is 13.4. The summed E-state index contributed by atoms with van der Waals surface area (Å²) in [7, 11) is 0. The molecule has 2 fully saturated rings. The van der Waals surface area contributed by atoms with Crippen LogP contribution in [-0.2, 0) is 0 Å². The summed E-state index contributed by atoms with van der Waals surface area (Å²) in [6.45, 7) is 0.940. The van der Waals surface area contributed by atoms with E-state index in [4.69, 9.17) is 10.8 Å². The van der Waals surface area contributed by atoms with Gasteiger partial charge in [0.25, 0.3) is 0 Å². The number of pyridine rings is 1. The van der Waals surface area contributed by atoms with E-state index in [1.165, 1.54) is 38.2 Å². The smallest absolute Gasteiger partial charge is 0.354 e. The molecule has 1 saturated heterocycles. The summed E-state index contributed by atoms with van der Waals surface area (Å²) >= 11 is 0.